The van der Waals surface area contributed by atoms with E-state index in [2.05, 4.69) is 50.2 Å². The average Bonchev–Trinajstić information content (AvgIpc) is 3.27. The Labute approximate surface area is 167 Å². The molecule has 1 aromatic heterocycles. The molecular weight excluding hydrogens is 350 g/mol. The lowest BCUT2D eigenvalue weighted by atomic mass is 9.95. The van der Waals surface area contributed by atoms with Gasteiger partial charge >= 0.3 is 0 Å². The van der Waals surface area contributed by atoms with Crippen molar-refractivity contribution >= 4 is 17.5 Å². The van der Waals surface area contributed by atoms with Crippen LogP contribution in [0.4, 0.5) is 11.6 Å². The molecule has 0 radical (unpaired) electrons. The fourth-order valence-corrected chi connectivity index (χ4v) is 4.11. The van der Waals surface area contributed by atoms with Crippen molar-refractivity contribution in [3.8, 4) is 0 Å². The number of piperidine rings is 1. The number of carbonyl (C=O) groups is 1. The van der Waals surface area contributed by atoms with E-state index in [1.54, 1.807) is 0 Å². The highest BCUT2D eigenvalue weighted by Crippen LogP contribution is 2.24. The minimum absolute atomic E-state index is 0.0888. The fraction of sp³-hybridized carbons (Fsp3) is 0.500. The van der Waals surface area contributed by atoms with Crippen molar-refractivity contribution in [3.63, 3.8) is 0 Å². The molecule has 2 aliphatic heterocycles. The zero-order valence-corrected chi connectivity index (χ0v) is 16.6. The molecule has 2 aromatic rings. The van der Waals surface area contributed by atoms with Crippen LogP contribution in [0.5, 0.6) is 0 Å². The molecule has 0 spiro atoms. The lowest BCUT2D eigenvalue weighted by Crippen LogP contribution is -2.40. The van der Waals surface area contributed by atoms with E-state index in [9.17, 15) is 4.79 Å². The summed E-state index contributed by atoms with van der Waals surface area (Å²) in [4.78, 5) is 26.2. The Hall–Kier alpha value is -2.63. The van der Waals surface area contributed by atoms with E-state index in [4.69, 9.17) is 0 Å². The van der Waals surface area contributed by atoms with Crippen molar-refractivity contribution in [1.29, 1.82) is 0 Å². The van der Waals surface area contributed by atoms with Crippen LogP contribution in [0, 0.1) is 12.8 Å². The predicted molar refractivity (Wildman–Crippen MR) is 111 cm³/mol. The third kappa shape index (κ3) is 4.43. The summed E-state index contributed by atoms with van der Waals surface area (Å²) in [7, 11) is 0. The quantitative estimate of drug-likeness (QED) is 0.866. The Bertz CT molecular complexity index is 793. The molecule has 0 bridgehead atoms. The summed E-state index contributed by atoms with van der Waals surface area (Å²) >= 11 is 0. The van der Waals surface area contributed by atoms with Crippen LogP contribution < -0.4 is 15.1 Å². The maximum Gasteiger partial charge on any atom is 0.225 e. The summed E-state index contributed by atoms with van der Waals surface area (Å²) in [6, 6.07) is 8.28. The SMILES string of the molecule is Cc1cccc(CNC(=O)C2CCN(c3cnc(N4CCCC4)nc3)CC2)c1. The highest BCUT2D eigenvalue weighted by molar-refractivity contribution is 5.79. The Balaban J connectivity index is 1.26. The molecule has 1 aromatic carbocycles. The molecule has 1 amide bonds. The summed E-state index contributed by atoms with van der Waals surface area (Å²) in [5.41, 5.74) is 3.43. The van der Waals surface area contributed by atoms with Crippen LogP contribution in [-0.4, -0.2) is 42.1 Å². The summed E-state index contributed by atoms with van der Waals surface area (Å²) in [6.45, 7) is 6.53. The second-order valence-electron chi connectivity index (χ2n) is 7.90. The zero-order valence-electron chi connectivity index (χ0n) is 16.6. The summed E-state index contributed by atoms with van der Waals surface area (Å²) in [5, 5.41) is 3.10. The molecule has 2 fully saturated rings. The van der Waals surface area contributed by atoms with Crippen LogP contribution in [0.15, 0.2) is 36.7 Å². The molecule has 6 nitrogen and oxygen atoms in total. The Morgan fingerprint density at radius 1 is 1.07 bits per heavy atom. The number of benzene rings is 1. The van der Waals surface area contributed by atoms with Crippen molar-refractivity contribution in [1.82, 2.24) is 15.3 Å². The van der Waals surface area contributed by atoms with E-state index in [-0.39, 0.29) is 11.8 Å². The molecule has 2 saturated heterocycles. The molecule has 0 saturated carbocycles. The van der Waals surface area contributed by atoms with Gasteiger partial charge in [0.15, 0.2) is 0 Å². The first-order chi connectivity index (χ1) is 13.7. The van der Waals surface area contributed by atoms with E-state index < -0.39 is 0 Å². The van der Waals surface area contributed by atoms with Crippen molar-refractivity contribution in [2.75, 3.05) is 36.0 Å². The van der Waals surface area contributed by atoms with E-state index in [0.717, 1.165) is 56.2 Å². The minimum Gasteiger partial charge on any atom is -0.369 e. The maximum absolute atomic E-state index is 12.5. The number of rotatable bonds is 5. The first-order valence-corrected chi connectivity index (χ1v) is 10.3. The Morgan fingerprint density at radius 2 is 1.79 bits per heavy atom. The van der Waals surface area contributed by atoms with E-state index in [0.29, 0.717) is 6.54 Å². The van der Waals surface area contributed by atoms with Gasteiger partial charge in [-0.25, -0.2) is 9.97 Å². The molecule has 28 heavy (non-hydrogen) atoms. The highest BCUT2D eigenvalue weighted by atomic mass is 16.1. The van der Waals surface area contributed by atoms with Crippen LogP contribution in [-0.2, 0) is 11.3 Å². The van der Waals surface area contributed by atoms with Crippen molar-refractivity contribution in [2.45, 2.75) is 39.2 Å². The van der Waals surface area contributed by atoms with E-state index >= 15 is 0 Å². The van der Waals surface area contributed by atoms with Gasteiger partial charge in [-0.3, -0.25) is 4.79 Å². The first-order valence-electron chi connectivity index (χ1n) is 10.3. The molecule has 0 aliphatic carbocycles. The average molecular weight is 380 g/mol. The second-order valence-corrected chi connectivity index (χ2v) is 7.90. The zero-order chi connectivity index (χ0) is 19.3. The standard InChI is InChI=1S/C22H29N5O/c1-17-5-4-6-18(13-17)14-23-21(28)19-7-11-26(12-8-19)20-15-24-22(25-16-20)27-9-2-3-10-27/h4-6,13,15-16,19H,2-3,7-12,14H2,1H3,(H,23,28). The first kappa shape index (κ1) is 18.7. The summed E-state index contributed by atoms with van der Waals surface area (Å²) in [6.07, 6.45) is 8.05. The molecule has 0 unspecified atom stereocenters. The monoisotopic (exact) mass is 379 g/mol. The van der Waals surface area contributed by atoms with Gasteiger partial charge in [0, 0.05) is 38.6 Å². The van der Waals surface area contributed by atoms with Gasteiger partial charge in [0.25, 0.3) is 0 Å². The van der Waals surface area contributed by atoms with Crippen LogP contribution in [0.1, 0.15) is 36.8 Å². The molecule has 2 aliphatic rings. The lowest BCUT2D eigenvalue weighted by molar-refractivity contribution is -0.125. The third-order valence-corrected chi connectivity index (χ3v) is 5.79. The Morgan fingerprint density at radius 3 is 2.46 bits per heavy atom. The molecule has 148 valence electrons. The van der Waals surface area contributed by atoms with Crippen molar-refractivity contribution in [3.05, 3.63) is 47.8 Å². The minimum atomic E-state index is 0.0888. The maximum atomic E-state index is 12.5. The normalized spacial score (nSPS) is 17.8. The number of aryl methyl sites for hydroxylation is 1. The number of hydrogen-bond acceptors (Lipinski definition) is 5. The van der Waals surface area contributed by atoms with Crippen LogP contribution in [0.25, 0.3) is 0 Å². The van der Waals surface area contributed by atoms with Crippen molar-refractivity contribution in [2.24, 2.45) is 5.92 Å². The molecule has 4 rings (SSSR count). The van der Waals surface area contributed by atoms with E-state index in [1.807, 2.05) is 18.5 Å². The smallest absolute Gasteiger partial charge is 0.225 e. The van der Waals surface area contributed by atoms with Gasteiger partial charge in [-0.05, 0) is 38.2 Å². The van der Waals surface area contributed by atoms with Gasteiger partial charge in [0.2, 0.25) is 11.9 Å². The predicted octanol–water partition coefficient (Wildman–Crippen LogP) is 2.92. The van der Waals surface area contributed by atoms with Gasteiger partial charge in [0.05, 0.1) is 18.1 Å². The Kier molecular flexibility index (Phi) is 5.74. The lowest BCUT2D eigenvalue weighted by Gasteiger charge is -2.32. The molecular formula is C22H29N5O. The number of hydrogen-bond donors (Lipinski definition) is 1. The van der Waals surface area contributed by atoms with Crippen LogP contribution >= 0.6 is 0 Å². The number of aromatic nitrogens is 2. The topological polar surface area (TPSA) is 61.4 Å². The number of nitrogens with one attached hydrogen (secondary N) is 1. The van der Waals surface area contributed by atoms with Gasteiger partial charge in [-0.15, -0.1) is 0 Å². The summed E-state index contributed by atoms with van der Waals surface area (Å²) in [5.74, 6) is 1.10. The van der Waals surface area contributed by atoms with Gasteiger partial charge in [0.1, 0.15) is 0 Å². The molecule has 6 heteroatoms. The number of carbonyl (C=O) groups excluding carboxylic acids is 1. The second kappa shape index (κ2) is 8.59. The number of anilines is 2. The van der Waals surface area contributed by atoms with Gasteiger partial charge in [-0.2, -0.15) is 0 Å². The van der Waals surface area contributed by atoms with Crippen molar-refractivity contribution < 1.29 is 4.79 Å². The number of amides is 1. The highest BCUT2D eigenvalue weighted by Gasteiger charge is 2.25. The van der Waals surface area contributed by atoms with Crippen LogP contribution in [0.3, 0.4) is 0 Å². The molecule has 1 N–H and O–H groups in total. The largest absolute Gasteiger partial charge is 0.369 e. The third-order valence-electron chi connectivity index (χ3n) is 5.79. The fourth-order valence-electron chi connectivity index (χ4n) is 4.11. The number of nitrogens with zero attached hydrogens (tertiary/aromatic N) is 4. The van der Waals surface area contributed by atoms with E-state index in [1.165, 1.54) is 18.4 Å². The summed E-state index contributed by atoms with van der Waals surface area (Å²) < 4.78 is 0. The van der Waals surface area contributed by atoms with Gasteiger partial charge < -0.3 is 15.1 Å². The molecule has 3 heterocycles. The molecule has 0 atom stereocenters. The van der Waals surface area contributed by atoms with Gasteiger partial charge in [-0.1, -0.05) is 29.8 Å². The van der Waals surface area contributed by atoms with Crippen LogP contribution in [0.2, 0.25) is 0 Å².